The number of methoxy groups -OCH3 is 1. The molecule has 0 radical (unpaired) electrons. The second-order valence-electron chi connectivity index (χ2n) is 6.63. The maximum Gasteiger partial charge on any atom is 0.251 e. The van der Waals surface area contributed by atoms with Gasteiger partial charge in [-0.2, -0.15) is 0 Å². The van der Waals surface area contributed by atoms with Gasteiger partial charge in [0.1, 0.15) is 5.75 Å². The third kappa shape index (κ3) is 2.72. The second-order valence-corrected chi connectivity index (χ2v) is 6.63. The maximum atomic E-state index is 12.6. The molecule has 1 aromatic carbocycles. The fourth-order valence-electron chi connectivity index (χ4n) is 4.20. The molecule has 0 aromatic heterocycles. The molecule has 1 N–H and O–H groups in total. The molecule has 4 heteroatoms. The van der Waals surface area contributed by atoms with Crippen molar-refractivity contribution in [2.45, 2.75) is 50.1 Å². The van der Waals surface area contributed by atoms with Gasteiger partial charge in [0.15, 0.2) is 0 Å². The van der Waals surface area contributed by atoms with Crippen LogP contribution in [0, 0.1) is 0 Å². The number of nitrogens with zero attached hydrogens (tertiary/aromatic N) is 1. The Balaban J connectivity index is 1.73. The predicted octanol–water partition coefficient (Wildman–Crippen LogP) is 2.83. The van der Waals surface area contributed by atoms with E-state index in [2.05, 4.69) is 17.3 Å². The van der Waals surface area contributed by atoms with Crippen LogP contribution in [0.4, 0.5) is 0 Å². The number of amides is 1. The largest absolute Gasteiger partial charge is 0.497 e. The van der Waals surface area contributed by atoms with Crippen molar-refractivity contribution < 1.29 is 9.53 Å². The van der Waals surface area contributed by atoms with Gasteiger partial charge in [-0.25, -0.2) is 0 Å². The van der Waals surface area contributed by atoms with E-state index in [1.807, 2.05) is 24.3 Å². The molecule has 1 spiro atoms. The highest BCUT2D eigenvalue weighted by Gasteiger charge is 2.46. The van der Waals surface area contributed by atoms with Gasteiger partial charge < -0.3 is 10.1 Å². The number of hydrogen-bond donors (Lipinski definition) is 1. The summed E-state index contributed by atoms with van der Waals surface area (Å²) in [6, 6.07) is 7.62. The van der Waals surface area contributed by atoms with E-state index < -0.39 is 0 Å². The van der Waals surface area contributed by atoms with Gasteiger partial charge in [-0.05, 0) is 63.5 Å². The quantitative estimate of drug-likeness (QED) is 0.933. The van der Waals surface area contributed by atoms with Gasteiger partial charge in [-0.3, -0.25) is 9.69 Å². The highest BCUT2D eigenvalue weighted by molar-refractivity contribution is 5.94. The first kappa shape index (κ1) is 15.3. The molecule has 3 rings (SSSR count). The van der Waals surface area contributed by atoms with E-state index in [4.69, 9.17) is 4.74 Å². The van der Waals surface area contributed by atoms with Crippen LogP contribution < -0.4 is 10.1 Å². The summed E-state index contributed by atoms with van der Waals surface area (Å²) in [6.45, 7) is 1.15. The molecule has 4 nitrogen and oxygen atoms in total. The number of ether oxygens (including phenoxy) is 1. The number of benzene rings is 1. The minimum absolute atomic E-state index is 0.0363. The molecule has 22 heavy (non-hydrogen) atoms. The van der Waals surface area contributed by atoms with Crippen molar-refractivity contribution in [3.8, 4) is 5.75 Å². The van der Waals surface area contributed by atoms with E-state index in [-0.39, 0.29) is 17.5 Å². The molecule has 0 bridgehead atoms. The Morgan fingerprint density at radius 1 is 1.23 bits per heavy atom. The van der Waals surface area contributed by atoms with E-state index in [1.54, 1.807) is 7.11 Å². The van der Waals surface area contributed by atoms with Crippen LogP contribution in [0.3, 0.4) is 0 Å². The van der Waals surface area contributed by atoms with Crippen LogP contribution in [0.25, 0.3) is 0 Å². The van der Waals surface area contributed by atoms with Crippen molar-refractivity contribution in [1.29, 1.82) is 0 Å². The van der Waals surface area contributed by atoms with Gasteiger partial charge in [0.05, 0.1) is 7.11 Å². The molecular formula is C18H26N2O2. The van der Waals surface area contributed by atoms with Gasteiger partial charge in [-0.1, -0.05) is 12.8 Å². The third-order valence-electron chi connectivity index (χ3n) is 5.52. The fraction of sp³-hybridized carbons (Fsp3) is 0.611. The van der Waals surface area contributed by atoms with Crippen LogP contribution in [0.15, 0.2) is 24.3 Å². The smallest absolute Gasteiger partial charge is 0.251 e. The number of likely N-dealkylation sites (N-methyl/N-ethyl adjacent to an activating group) is 1. The number of hydrogen-bond acceptors (Lipinski definition) is 3. The molecular weight excluding hydrogens is 276 g/mol. The van der Waals surface area contributed by atoms with Gasteiger partial charge >= 0.3 is 0 Å². The lowest BCUT2D eigenvalue weighted by Crippen LogP contribution is -2.59. The number of rotatable bonds is 3. The number of likely N-dealkylation sites (tertiary alicyclic amines) is 1. The molecule has 1 saturated carbocycles. The Morgan fingerprint density at radius 3 is 2.59 bits per heavy atom. The SMILES string of the molecule is COc1ccc(C(=O)N[C@H]2CCCC[C@@]23CCCN3C)cc1. The lowest BCUT2D eigenvalue weighted by Gasteiger charge is -2.46. The van der Waals surface area contributed by atoms with Crippen molar-refractivity contribution in [3.63, 3.8) is 0 Å². The zero-order valence-corrected chi connectivity index (χ0v) is 13.6. The first-order valence-corrected chi connectivity index (χ1v) is 8.32. The molecule has 1 aliphatic carbocycles. The summed E-state index contributed by atoms with van der Waals surface area (Å²) in [4.78, 5) is 15.1. The molecule has 0 unspecified atom stereocenters. The zero-order valence-electron chi connectivity index (χ0n) is 13.6. The molecule has 1 saturated heterocycles. The third-order valence-corrected chi connectivity index (χ3v) is 5.52. The van der Waals surface area contributed by atoms with Crippen LogP contribution in [0.1, 0.15) is 48.9 Å². The molecule has 1 aromatic rings. The Bertz CT molecular complexity index is 528. The van der Waals surface area contributed by atoms with Crippen LogP contribution in [0.5, 0.6) is 5.75 Å². The highest BCUT2D eigenvalue weighted by Crippen LogP contribution is 2.40. The fourth-order valence-corrected chi connectivity index (χ4v) is 4.20. The molecule has 2 atom stereocenters. The van der Waals surface area contributed by atoms with Crippen LogP contribution in [-0.2, 0) is 0 Å². The summed E-state index contributed by atoms with van der Waals surface area (Å²) in [5.74, 6) is 0.815. The van der Waals surface area contributed by atoms with E-state index in [1.165, 1.54) is 32.1 Å². The van der Waals surface area contributed by atoms with Crippen molar-refractivity contribution in [2.75, 3.05) is 20.7 Å². The Kier molecular flexibility index (Phi) is 4.39. The first-order chi connectivity index (χ1) is 10.7. The van der Waals surface area contributed by atoms with Crippen molar-refractivity contribution >= 4 is 5.91 Å². The summed E-state index contributed by atoms with van der Waals surface area (Å²) in [5, 5.41) is 3.31. The molecule has 1 aliphatic heterocycles. The summed E-state index contributed by atoms with van der Waals surface area (Å²) in [7, 11) is 3.85. The number of nitrogens with one attached hydrogen (secondary N) is 1. The lowest BCUT2D eigenvalue weighted by atomic mass is 9.75. The average molecular weight is 302 g/mol. The minimum Gasteiger partial charge on any atom is -0.497 e. The first-order valence-electron chi connectivity index (χ1n) is 8.32. The number of carbonyl (C=O) groups excluding carboxylic acids is 1. The van der Waals surface area contributed by atoms with Crippen molar-refractivity contribution in [3.05, 3.63) is 29.8 Å². The second kappa shape index (κ2) is 6.29. The van der Waals surface area contributed by atoms with Crippen LogP contribution in [-0.4, -0.2) is 43.1 Å². The van der Waals surface area contributed by atoms with Crippen molar-refractivity contribution in [2.24, 2.45) is 0 Å². The number of carbonyl (C=O) groups is 1. The summed E-state index contributed by atoms with van der Waals surface area (Å²) >= 11 is 0. The van der Waals surface area contributed by atoms with Crippen LogP contribution in [0.2, 0.25) is 0 Å². The zero-order chi connectivity index (χ0) is 15.6. The average Bonchev–Trinajstić information content (AvgIpc) is 2.91. The maximum absolute atomic E-state index is 12.6. The Morgan fingerprint density at radius 2 is 1.95 bits per heavy atom. The lowest BCUT2D eigenvalue weighted by molar-refractivity contribution is 0.0641. The van der Waals surface area contributed by atoms with Gasteiger partial charge in [-0.15, -0.1) is 0 Å². The molecule has 1 heterocycles. The van der Waals surface area contributed by atoms with E-state index in [0.29, 0.717) is 5.56 Å². The van der Waals surface area contributed by atoms with Gasteiger partial charge in [0, 0.05) is 17.1 Å². The van der Waals surface area contributed by atoms with Crippen LogP contribution >= 0.6 is 0 Å². The van der Waals surface area contributed by atoms with E-state index in [9.17, 15) is 4.79 Å². The molecule has 1 amide bonds. The highest BCUT2D eigenvalue weighted by atomic mass is 16.5. The van der Waals surface area contributed by atoms with E-state index >= 15 is 0 Å². The summed E-state index contributed by atoms with van der Waals surface area (Å²) in [5.41, 5.74) is 0.891. The normalized spacial score (nSPS) is 28.7. The van der Waals surface area contributed by atoms with Gasteiger partial charge in [0.25, 0.3) is 5.91 Å². The topological polar surface area (TPSA) is 41.6 Å². The van der Waals surface area contributed by atoms with Crippen molar-refractivity contribution in [1.82, 2.24) is 10.2 Å². The summed E-state index contributed by atoms with van der Waals surface area (Å²) < 4.78 is 5.15. The predicted molar refractivity (Wildman–Crippen MR) is 87.3 cm³/mol. The molecule has 120 valence electrons. The molecule has 2 aliphatic rings. The van der Waals surface area contributed by atoms with Gasteiger partial charge in [0.2, 0.25) is 0 Å². The minimum atomic E-state index is 0.0363. The standard InChI is InChI=1S/C18H26N2O2/c1-20-13-5-12-18(20)11-4-3-6-16(18)19-17(21)14-7-9-15(22-2)10-8-14/h7-10,16H,3-6,11-13H2,1-2H3,(H,19,21)/t16-,18+/m0/s1. The Labute approximate surface area is 132 Å². The monoisotopic (exact) mass is 302 g/mol. The van der Waals surface area contributed by atoms with E-state index in [0.717, 1.165) is 18.7 Å². The molecule has 2 fully saturated rings. The summed E-state index contributed by atoms with van der Waals surface area (Å²) in [6.07, 6.45) is 7.23. The Hall–Kier alpha value is -1.55.